The SMILES string of the molecule is O=C1Nc2ccccc2C(=O)NCCCNC(=O)c2ccccc2NC1=O. The van der Waals surface area contributed by atoms with Gasteiger partial charge >= 0.3 is 11.8 Å². The van der Waals surface area contributed by atoms with E-state index in [1.54, 1.807) is 36.4 Å². The maximum atomic E-state index is 12.3. The van der Waals surface area contributed by atoms with Crippen LogP contribution in [0.15, 0.2) is 48.5 Å². The van der Waals surface area contributed by atoms with Gasteiger partial charge in [-0.3, -0.25) is 19.2 Å². The van der Waals surface area contributed by atoms with Gasteiger partial charge in [0.25, 0.3) is 11.8 Å². The molecule has 138 valence electrons. The van der Waals surface area contributed by atoms with E-state index in [-0.39, 0.29) is 34.3 Å². The van der Waals surface area contributed by atoms with Crippen molar-refractivity contribution in [3.63, 3.8) is 0 Å². The van der Waals surface area contributed by atoms with Crippen molar-refractivity contribution in [1.82, 2.24) is 10.6 Å². The Morgan fingerprint density at radius 3 is 1.41 bits per heavy atom. The molecule has 8 heteroatoms. The zero-order valence-electron chi connectivity index (χ0n) is 14.4. The molecule has 27 heavy (non-hydrogen) atoms. The Kier molecular flexibility index (Phi) is 5.46. The van der Waals surface area contributed by atoms with Gasteiger partial charge in [0.1, 0.15) is 0 Å². The number of amides is 4. The van der Waals surface area contributed by atoms with E-state index in [0.29, 0.717) is 19.5 Å². The van der Waals surface area contributed by atoms with Crippen LogP contribution in [0.5, 0.6) is 0 Å². The molecule has 2 aromatic carbocycles. The molecule has 4 N–H and O–H groups in total. The van der Waals surface area contributed by atoms with Gasteiger partial charge in [-0.1, -0.05) is 24.3 Å². The lowest BCUT2D eigenvalue weighted by Gasteiger charge is -2.12. The number of rotatable bonds is 0. The van der Waals surface area contributed by atoms with Crippen LogP contribution in [0.3, 0.4) is 0 Å². The second kappa shape index (κ2) is 8.13. The largest absolute Gasteiger partial charge is 0.352 e. The lowest BCUT2D eigenvalue weighted by atomic mass is 10.1. The minimum atomic E-state index is -0.944. The lowest BCUT2D eigenvalue weighted by molar-refractivity contribution is -0.133. The van der Waals surface area contributed by atoms with Gasteiger partial charge in [-0.05, 0) is 30.7 Å². The molecule has 8 nitrogen and oxygen atoms in total. The normalized spacial score (nSPS) is 15.7. The number of fused-ring (bicyclic) bond motifs is 2. The Balaban J connectivity index is 1.92. The van der Waals surface area contributed by atoms with Crippen molar-refractivity contribution in [2.45, 2.75) is 6.42 Å². The van der Waals surface area contributed by atoms with Crippen LogP contribution in [0.4, 0.5) is 11.4 Å². The van der Waals surface area contributed by atoms with Gasteiger partial charge in [-0.25, -0.2) is 0 Å². The van der Waals surface area contributed by atoms with E-state index in [4.69, 9.17) is 0 Å². The first-order chi connectivity index (χ1) is 13.1. The Morgan fingerprint density at radius 2 is 0.963 bits per heavy atom. The monoisotopic (exact) mass is 366 g/mol. The molecule has 0 bridgehead atoms. The Bertz CT molecular complexity index is 837. The minimum Gasteiger partial charge on any atom is -0.352 e. The molecule has 0 atom stereocenters. The van der Waals surface area contributed by atoms with Crippen molar-refractivity contribution < 1.29 is 19.2 Å². The third-order valence-corrected chi connectivity index (χ3v) is 3.97. The van der Waals surface area contributed by atoms with Crippen molar-refractivity contribution in [3.8, 4) is 0 Å². The highest BCUT2D eigenvalue weighted by atomic mass is 16.2. The molecular formula is C19H18N4O4. The van der Waals surface area contributed by atoms with Crippen LogP contribution in [0.25, 0.3) is 0 Å². The molecule has 0 aromatic heterocycles. The molecule has 1 heterocycles. The van der Waals surface area contributed by atoms with Gasteiger partial charge in [0.15, 0.2) is 0 Å². The van der Waals surface area contributed by atoms with Crippen molar-refractivity contribution in [1.29, 1.82) is 0 Å². The van der Waals surface area contributed by atoms with Crippen molar-refractivity contribution >= 4 is 35.0 Å². The summed E-state index contributed by atoms with van der Waals surface area (Å²) in [6, 6.07) is 12.8. The van der Waals surface area contributed by atoms with Crippen molar-refractivity contribution in [2.75, 3.05) is 23.7 Å². The fourth-order valence-corrected chi connectivity index (χ4v) is 2.62. The first-order valence-electron chi connectivity index (χ1n) is 8.43. The summed E-state index contributed by atoms with van der Waals surface area (Å²) in [5, 5.41) is 10.3. The average molecular weight is 366 g/mol. The third-order valence-electron chi connectivity index (χ3n) is 3.97. The topological polar surface area (TPSA) is 116 Å². The fraction of sp³-hybridized carbons (Fsp3) is 0.158. The molecule has 0 aliphatic carbocycles. The van der Waals surface area contributed by atoms with Crippen LogP contribution >= 0.6 is 0 Å². The summed E-state index contributed by atoms with van der Waals surface area (Å²) < 4.78 is 0. The summed E-state index contributed by atoms with van der Waals surface area (Å²) in [4.78, 5) is 49.2. The first-order valence-corrected chi connectivity index (χ1v) is 8.43. The molecule has 0 spiro atoms. The van der Waals surface area contributed by atoms with Crippen molar-refractivity contribution in [3.05, 3.63) is 59.7 Å². The summed E-state index contributed by atoms with van der Waals surface area (Å²) >= 11 is 0. The van der Waals surface area contributed by atoms with Crippen LogP contribution < -0.4 is 21.3 Å². The smallest absolute Gasteiger partial charge is 0.314 e. The standard InChI is InChI=1S/C19H18N4O4/c24-16-12-6-1-3-8-14(12)22-18(26)19(27)23-15-9-4-2-7-13(15)17(25)21-11-5-10-20-16/h1-4,6-9H,5,10-11H2,(H,20,24)(H,21,25)(H,22,26)(H,23,27). The van der Waals surface area contributed by atoms with Crippen LogP contribution in [0.2, 0.25) is 0 Å². The minimum absolute atomic E-state index is 0.229. The zero-order valence-corrected chi connectivity index (χ0v) is 14.4. The fourth-order valence-electron chi connectivity index (χ4n) is 2.62. The molecular weight excluding hydrogens is 348 g/mol. The number of anilines is 2. The molecule has 1 aliphatic heterocycles. The second-order valence-corrected chi connectivity index (χ2v) is 5.86. The lowest BCUT2D eigenvalue weighted by Crippen LogP contribution is -2.31. The quantitative estimate of drug-likeness (QED) is 0.523. The number of benzene rings is 2. The van der Waals surface area contributed by atoms with E-state index in [1.165, 1.54) is 12.1 Å². The number of nitrogens with one attached hydrogen (secondary N) is 4. The number of hydrogen-bond donors (Lipinski definition) is 4. The molecule has 0 unspecified atom stereocenters. The maximum Gasteiger partial charge on any atom is 0.314 e. The summed E-state index contributed by atoms with van der Waals surface area (Å²) in [5.41, 5.74) is 0.955. The average Bonchev–Trinajstić information content (AvgIpc) is 2.67. The number of carbonyl (C=O) groups excluding carboxylic acids is 4. The third kappa shape index (κ3) is 4.30. The van der Waals surface area contributed by atoms with Gasteiger partial charge in [0.2, 0.25) is 0 Å². The highest BCUT2D eigenvalue weighted by molar-refractivity contribution is 6.44. The van der Waals surface area contributed by atoms with Crippen LogP contribution in [-0.4, -0.2) is 36.7 Å². The maximum absolute atomic E-state index is 12.3. The number of para-hydroxylation sites is 2. The Hall–Kier alpha value is -3.68. The first kappa shape index (κ1) is 18.1. The van der Waals surface area contributed by atoms with Crippen LogP contribution in [0.1, 0.15) is 27.1 Å². The van der Waals surface area contributed by atoms with Gasteiger partial charge in [-0.15, -0.1) is 0 Å². The van der Waals surface area contributed by atoms with E-state index in [9.17, 15) is 19.2 Å². The van der Waals surface area contributed by atoms with Crippen LogP contribution in [-0.2, 0) is 9.59 Å². The summed E-state index contributed by atoms with van der Waals surface area (Å²) in [5.74, 6) is -2.65. The number of hydrogen-bond acceptors (Lipinski definition) is 4. The Morgan fingerprint density at radius 1 is 0.556 bits per heavy atom. The highest BCUT2D eigenvalue weighted by Crippen LogP contribution is 2.17. The van der Waals surface area contributed by atoms with Gasteiger partial charge in [0.05, 0.1) is 22.5 Å². The number of carbonyl (C=O) groups is 4. The molecule has 4 amide bonds. The molecule has 0 saturated carbocycles. The van der Waals surface area contributed by atoms with Crippen LogP contribution in [0, 0.1) is 0 Å². The van der Waals surface area contributed by atoms with Gasteiger partial charge in [0, 0.05) is 13.1 Å². The molecule has 0 fully saturated rings. The van der Waals surface area contributed by atoms with Crippen molar-refractivity contribution in [2.24, 2.45) is 0 Å². The van der Waals surface area contributed by atoms with Gasteiger partial charge in [-0.2, -0.15) is 0 Å². The van der Waals surface area contributed by atoms with E-state index >= 15 is 0 Å². The Labute approximate surface area is 155 Å². The zero-order chi connectivity index (χ0) is 19.2. The van der Waals surface area contributed by atoms with E-state index < -0.39 is 11.8 Å². The van der Waals surface area contributed by atoms with Gasteiger partial charge < -0.3 is 21.3 Å². The molecule has 0 saturated heterocycles. The summed E-state index contributed by atoms with van der Waals surface area (Å²) in [7, 11) is 0. The second-order valence-electron chi connectivity index (χ2n) is 5.86. The molecule has 2 aromatic rings. The summed E-state index contributed by atoms with van der Waals surface area (Å²) in [6.07, 6.45) is 0.528. The molecule has 0 radical (unpaired) electrons. The summed E-state index contributed by atoms with van der Waals surface area (Å²) in [6.45, 7) is 0.695. The molecule has 1 aliphatic rings. The molecule has 3 rings (SSSR count). The predicted octanol–water partition coefficient (Wildman–Crippen LogP) is 1.13. The van der Waals surface area contributed by atoms with E-state index in [1.807, 2.05) is 0 Å². The predicted molar refractivity (Wildman–Crippen MR) is 99.4 cm³/mol. The van der Waals surface area contributed by atoms with E-state index in [0.717, 1.165) is 0 Å². The highest BCUT2D eigenvalue weighted by Gasteiger charge is 2.20. The van der Waals surface area contributed by atoms with E-state index in [2.05, 4.69) is 21.3 Å².